The molecular weight excluding hydrogens is 309 g/mol. The fraction of sp³-hybridized carbons (Fsp3) is 0.529. The third-order valence-corrected chi connectivity index (χ3v) is 2.73. The first kappa shape index (κ1) is 19.7. The first-order chi connectivity index (χ1) is 10.9. The fourth-order valence-electron chi connectivity index (χ4n) is 1.64. The van der Waals surface area contributed by atoms with Gasteiger partial charge in [0.05, 0.1) is 19.8 Å². The molecule has 1 rings (SSSR count). The Balaban J connectivity index is 2.22. The van der Waals surface area contributed by atoms with Crippen molar-refractivity contribution >= 4 is 0 Å². The summed E-state index contributed by atoms with van der Waals surface area (Å²) in [5.74, 6) is 0.0379. The number of rotatable bonds is 10. The van der Waals surface area contributed by atoms with E-state index in [9.17, 15) is 13.2 Å². The molecule has 6 heteroatoms. The highest BCUT2D eigenvalue weighted by Gasteiger charge is 2.38. The van der Waals surface area contributed by atoms with Gasteiger partial charge in [-0.25, -0.2) is 0 Å². The molecule has 0 radical (unpaired) electrons. The number of hydrogen-bond donors (Lipinski definition) is 0. The first-order valence-electron chi connectivity index (χ1n) is 7.44. The van der Waals surface area contributed by atoms with Crippen LogP contribution in [0.3, 0.4) is 0 Å². The lowest BCUT2D eigenvalue weighted by Gasteiger charge is -2.18. The van der Waals surface area contributed by atoms with Crippen LogP contribution in [0.25, 0.3) is 0 Å². The molecule has 0 aromatic heterocycles. The van der Waals surface area contributed by atoms with Crippen LogP contribution in [0.5, 0.6) is 0 Å². The van der Waals surface area contributed by atoms with Crippen LogP contribution in [0.15, 0.2) is 42.5 Å². The Morgan fingerprint density at radius 3 is 2.39 bits per heavy atom. The van der Waals surface area contributed by atoms with Crippen molar-refractivity contribution in [3.63, 3.8) is 0 Å². The summed E-state index contributed by atoms with van der Waals surface area (Å²) < 4.78 is 53.5. The summed E-state index contributed by atoms with van der Waals surface area (Å²) in [5.41, 5.74) is 1.01. The molecule has 0 aliphatic carbocycles. The smallest absolute Gasteiger partial charge is 0.364 e. The van der Waals surface area contributed by atoms with Crippen LogP contribution >= 0.6 is 0 Å². The molecule has 1 unspecified atom stereocenters. The highest BCUT2D eigenvalue weighted by atomic mass is 19.4. The van der Waals surface area contributed by atoms with Crippen LogP contribution in [0.2, 0.25) is 0 Å². The van der Waals surface area contributed by atoms with Gasteiger partial charge in [0.2, 0.25) is 0 Å². The molecule has 0 aliphatic heterocycles. The van der Waals surface area contributed by atoms with Gasteiger partial charge in [-0.05, 0) is 17.6 Å². The Morgan fingerprint density at radius 2 is 1.78 bits per heavy atom. The second-order valence-electron chi connectivity index (χ2n) is 5.44. The summed E-state index contributed by atoms with van der Waals surface area (Å²) in [6.07, 6.45) is -4.06. The van der Waals surface area contributed by atoms with Gasteiger partial charge in [0.25, 0.3) is 0 Å². The average Bonchev–Trinajstić information content (AvgIpc) is 2.48. The third kappa shape index (κ3) is 9.38. The Bertz CT molecular complexity index is 444. The van der Waals surface area contributed by atoms with Crippen LogP contribution in [-0.4, -0.2) is 32.3 Å². The zero-order chi connectivity index (χ0) is 17.1. The van der Waals surface area contributed by atoms with E-state index in [0.717, 1.165) is 11.6 Å². The van der Waals surface area contributed by atoms with E-state index in [1.54, 1.807) is 13.8 Å². The first-order valence-corrected chi connectivity index (χ1v) is 7.44. The Labute approximate surface area is 135 Å². The van der Waals surface area contributed by atoms with Gasteiger partial charge in [0.1, 0.15) is 6.79 Å². The molecule has 130 valence electrons. The zero-order valence-electron chi connectivity index (χ0n) is 13.4. The van der Waals surface area contributed by atoms with Gasteiger partial charge < -0.3 is 14.2 Å². The summed E-state index contributed by atoms with van der Waals surface area (Å²) in [6, 6.07) is 9.54. The monoisotopic (exact) mass is 332 g/mol. The SMILES string of the molecule is CC(C)COC(/C=C/COCOCc1ccccc1)C(F)(F)F. The van der Waals surface area contributed by atoms with E-state index in [1.807, 2.05) is 30.3 Å². The van der Waals surface area contributed by atoms with E-state index in [-0.39, 0.29) is 25.9 Å². The highest BCUT2D eigenvalue weighted by Crippen LogP contribution is 2.24. The molecule has 0 N–H and O–H groups in total. The highest BCUT2D eigenvalue weighted by molar-refractivity contribution is 5.13. The van der Waals surface area contributed by atoms with Crippen molar-refractivity contribution in [2.75, 3.05) is 20.0 Å². The molecule has 0 saturated heterocycles. The van der Waals surface area contributed by atoms with Gasteiger partial charge >= 0.3 is 6.18 Å². The molecule has 0 heterocycles. The predicted molar refractivity (Wildman–Crippen MR) is 81.8 cm³/mol. The topological polar surface area (TPSA) is 27.7 Å². The van der Waals surface area contributed by atoms with Crippen molar-refractivity contribution in [2.45, 2.75) is 32.7 Å². The van der Waals surface area contributed by atoms with Gasteiger partial charge in [-0.2, -0.15) is 13.2 Å². The number of benzene rings is 1. The molecular formula is C17H23F3O3. The molecule has 0 amide bonds. The van der Waals surface area contributed by atoms with Gasteiger partial charge in [0.15, 0.2) is 6.10 Å². The normalized spacial score (nSPS) is 13.8. The number of alkyl halides is 3. The van der Waals surface area contributed by atoms with E-state index in [2.05, 4.69) is 0 Å². The second-order valence-corrected chi connectivity index (χ2v) is 5.44. The molecule has 0 spiro atoms. The van der Waals surface area contributed by atoms with Gasteiger partial charge in [0, 0.05) is 0 Å². The maximum absolute atomic E-state index is 12.7. The van der Waals surface area contributed by atoms with E-state index >= 15 is 0 Å². The maximum atomic E-state index is 12.7. The summed E-state index contributed by atoms with van der Waals surface area (Å²) in [5, 5.41) is 0. The lowest BCUT2D eigenvalue weighted by molar-refractivity contribution is -0.206. The minimum Gasteiger partial charge on any atom is -0.364 e. The van der Waals surface area contributed by atoms with Crippen LogP contribution in [0.1, 0.15) is 19.4 Å². The van der Waals surface area contributed by atoms with E-state index < -0.39 is 12.3 Å². The average molecular weight is 332 g/mol. The van der Waals surface area contributed by atoms with E-state index in [0.29, 0.717) is 6.61 Å². The Hall–Kier alpha value is -1.37. The molecule has 0 saturated carbocycles. The molecule has 1 aromatic rings. The predicted octanol–water partition coefficient (Wildman–Crippen LogP) is 4.34. The van der Waals surface area contributed by atoms with E-state index in [4.69, 9.17) is 14.2 Å². The molecule has 23 heavy (non-hydrogen) atoms. The molecule has 0 aliphatic rings. The van der Waals surface area contributed by atoms with Crippen molar-refractivity contribution in [3.05, 3.63) is 48.0 Å². The minimum absolute atomic E-state index is 0.0166. The summed E-state index contributed by atoms with van der Waals surface area (Å²) in [7, 11) is 0. The van der Waals surface area contributed by atoms with Crippen molar-refractivity contribution in [1.29, 1.82) is 0 Å². The van der Waals surface area contributed by atoms with Gasteiger partial charge in [-0.15, -0.1) is 0 Å². The summed E-state index contributed by atoms with van der Waals surface area (Å²) in [6.45, 7) is 4.09. The molecule has 3 nitrogen and oxygen atoms in total. The van der Waals surface area contributed by atoms with Crippen molar-refractivity contribution in [2.24, 2.45) is 5.92 Å². The lowest BCUT2D eigenvalue weighted by atomic mass is 10.2. The second kappa shape index (κ2) is 10.4. The van der Waals surface area contributed by atoms with Crippen LogP contribution in [0.4, 0.5) is 13.2 Å². The molecule has 0 bridgehead atoms. The number of ether oxygens (including phenoxy) is 3. The summed E-state index contributed by atoms with van der Waals surface area (Å²) in [4.78, 5) is 0. The Morgan fingerprint density at radius 1 is 1.09 bits per heavy atom. The quantitative estimate of drug-likeness (QED) is 0.362. The molecule has 0 fully saturated rings. The fourth-order valence-corrected chi connectivity index (χ4v) is 1.64. The number of hydrogen-bond acceptors (Lipinski definition) is 3. The van der Waals surface area contributed by atoms with E-state index in [1.165, 1.54) is 6.08 Å². The van der Waals surface area contributed by atoms with Gasteiger partial charge in [-0.1, -0.05) is 50.3 Å². The molecule has 1 atom stereocenters. The van der Waals surface area contributed by atoms with Crippen LogP contribution in [0, 0.1) is 5.92 Å². The Kier molecular flexibility index (Phi) is 8.91. The third-order valence-electron chi connectivity index (χ3n) is 2.73. The van der Waals surface area contributed by atoms with Crippen LogP contribution in [-0.2, 0) is 20.8 Å². The lowest BCUT2D eigenvalue weighted by Crippen LogP contribution is -2.31. The van der Waals surface area contributed by atoms with Crippen molar-refractivity contribution < 1.29 is 27.4 Å². The zero-order valence-corrected chi connectivity index (χ0v) is 13.4. The summed E-state index contributed by atoms with van der Waals surface area (Å²) >= 11 is 0. The standard InChI is InChI=1S/C17H23F3O3/c1-14(2)11-23-16(17(18,19)20)9-6-10-21-13-22-12-15-7-4-3-5-8-15/h3-9,14,16H,10-13H2,1-2H3/b9-6+. The van der Waals surface area contributed by atoms with Gasteiger partial charge in [-0.3, -0.25) is 0 Å². The van der Waals surface area contributed by atoms with Crippen molar-refractivity contribution in [3.8, 4) is 0 Å². The van der Waals surface area contributed by atoms with Crippen LogP contribution < -0.4 is 0 Å². The number of halogens is 3. The van der Waals surface area contributed by atoms with Crippen molar-refractivity contribution in [1.82, 2.24) is 0 Å². The minimum atomic E-state index is -4.42. The maximum Gasteiger partial charge on any atom is 0.418 e. The largest absolute Gasteiger partial charge is 0.418 e. The molecule has 1 aromatic carbocycles.